The third-order valence-electron chi connectivity index (χ3n) is 3.87. The minimum absolute atomic E-state index is 0.245. The van der Waals surface area contributed by atoms with Gasteiger partial charge in [0.1, 0.15) is 0 Å². The predicted molar refractivity (Wildman–Crippen MR) is 52.4 cm³/mol. The second-order valence-corrected chi connectivity index (χ2v) is 4.63. The van der Waals surface area contributed by atoms with E-state index in [1.807, 2.05) is 0 Å². The third kappa shape index (κ3) is 1.49. The summed E-state index contributed by atoms with van der Waals surface area (Å²) < 4.78 is 0. The summed E-state index contributed by atoms with van der Waals surface area (Å²) in [5.74, 6) is 0.740. The van der Waals surface area contributed by atoms with Gasteiger partial charge in [0.05, 0.1) is 6.61 Å². The van der Waals surface area contributed by atoms with E-state index in [0.717, 1.165) is 32.1 Å². The van der Waals surface area contributed by atoms with Crippen LogP contribution in [0.5, 0.6) is 0 Å². The van der Waals surface area contributed by atoms with Crippen LogP contribution in [0, 0.1) is 11.3 Å². The number of nitrogens with two attached hydrogens (primary N) is 1. The van der Waals surface area contributed by atoms with Gasteiger partial charge in [-0.2, -0.15) is 0 Å². The number of hydrogen-bond donors (Lipinski definition) is 2. The minimum atomic E-state index is 0.245. The summed E-state index contributed by atoms with van der Waals surface area (Å²) in [6.07, 6.45) is 3.83. The molecular formula is C10H20N2O. The molecule has 1 aliphatic carbocycles. The first-order valence-corrected chi connectivity index (χ1v) is 5.34. The maximum absolute atomic E-state index is 9.46. The molecule has 3 N–H and O–H groups in total. The highest BCUT2D eigenvalue weighted by atomic mass is 16.3. The van der Waals surface area contributed by atoms with E-state index >= 15 is 0 Å². The van der Waals surface area contributed by atoms with E-state index in [1.165, 1.54) is 19.3 Å². The van der Waals surface area contributed by atoms with Crippen LogP contribution in [-0.4, -0.2) is 42.8 Å². The number of aliphatic hydroxyl groups excluding tert-OH is 1. The summed E-state index contributed by atoms with van der Waals surface area (Å²) in [5, 5.41) is 9.46. The largest absolute Gasteiger partial charge is 0.396 e. The van der Waals surface area contributed by atoms with Crippen LogP contribution in [0.3, 0.4) is 0 Å². The molecule has 13 heavy (non-hydrogen) atoms. The lowest BCUT2D eigenvalue weighted by Gasteiger charge is -2.26. The molecule has 1 aliphatic heterocycles. The van der Waals surface area contributed by atoms with E-state index in [1.54, 1.807) is 0 Å². The SMILES string of the molecule is NCCN1C[C@H]2CCC[C@]2(CO)C1. The molecular weight excluding hydrogens is 164 g/mol. The summed E-state index contributed by atoms with van der Waals surface area (Å²) >= 11 is 0. The fourth-order valence-electron chi connectivity index (χ4n) is 3.14. The van der Waals surface area contributed by atoms with Crippen molar-refractivity contribution < 1.29 is 5.11 Å². The third-order valence-corrected chi connectivity index (χ3v) is 3.87. The quantitative estimate of drug-likeness (QED) is 0.651. The standard InChI is InChI=1S/C10H20N2O/c11-4-5-12-6-9-2-1-3-10(9,7-12)8-13/h9,13H,1-8,11H2/t9-,10-/m1/s1. The second-order valence-electron chi connectivity index (χ2n) is 4.63. The lowest BCUT2D eigenvalue weighted by molar-refractivity contribution is 0.112. The Balaban J connectivity index is 2.00. The Morgan fingerprint density at radius 3 is 3.00 bits per heavy atom. The molecule has 0 amide bonds. The first-order chi connectivity index (χ1) is 6.30. The molecule has 0 aromatic rings. The van der Waals surface area contributed by atoms with Gasteiger partial charge in [0, 0.05) is 31.6 Å². The Kier molecular flexibility index (Phi) is 2.58. The van der Waals surface area contributed by atoms with Gasteiger partial charge >= 0.3 is 0 Å². The van der Waals surface area contributed by atoms with Crippen LogP contribution in [0.15, 0.2) is 0 Å². The van der Waals surface area contributed by atoms with Crippen LogP contribution < -0.4 is 5.73 Å². The van der Waals surface area contributed by atoms with Gasteiger partial charge < -0.3 is 15.7 Å². The molecule has 2 aliphatic rings. The van der Waals surface area contributed by atoms with Crippen molar-refractivity contribution in [1.82, 2.24) is 4.90 Å². The van der Waals surface area contributed by atoms with Crippen molar-refractivity contribution in [3.05, 3.63) is 0 Å². The van der Waals surface area contributed by atoms with Gasteiger partial charge in [-0.3, -0.25) is 0 Å². The molecule has 3 heteroatoms. The monoisotopic (exact) mass is 184 g/mol. The van der Waals surface area contributed by atoms with Crippen LogP contribution in [-0.2, 0) is 0 Å². The zero-order valence-electron chi connectivity index (χ0n) is 8.21. The van der Waals surface area contributed by atoms with Crippen molar-refractivity contribution in [2.45, 2.75) is 19.3 Å². The molecule has 0 spiro atoms. The Morgan fingerprint density at radius 1 is 1.54 bits per heavy atom. The van der Waals surface area contributed by atoms with Gasteiger partial charge in [0.25, 0.3) is 0 Å². The number of hydrogen-bond acceptors (Lipinski definition) is 3. The molecule has 0 aromatic carbocycles. The van der Waals surface area contributed by atoms with E-state index in [2.05, 4.69) is 4.90 Å². The van der Waals surface area contributed by atoms with Crippen LogP contribution in [0.2, 0.25) is 0 Å². The summed E-state index contributed by atoms with van der Waals surface area (Å²) in [7, 11) is 0. The maximum atomic E-state index is 9.46. The molecule has 2 atom stereocenters. The van der Waals surface area contributed by atoms with Gasteiger partial charge in [0.15, 0.2) is 0 Å². The predicted octanol–water partition coefficient (Wildman–Crippen LogP) is 0.0395. The highest BCUT2D eigenvalue weighted by Crippen LogP contribution is 2.47. The molecule has 0 aromatic heterocycles. The van der Waals surface area contributed by atoms with Gasteiger partial charge in [-0.25, -0.2) is 0 Å². The lowest BCUT2D eigenvalue weighted by Crippen LogP contribution is -2.32. The molecule has 76 valence electrons. The van der Waals surface area contributed by atoms with Gasteiger partial charge in [-0.15, -0.1) is 0 Å². The van der Waals surface area contributed by atoms with Gasteiger partial charge in [-0.1, -0.05) is 6.42 Å². The van der Waals surface area contributed by atoms with Crippen molar-refractivity contribution in [2.75, 3.05) is 32.8 Å². The molecule has 0 unspecified atom stereocenters. The Morgan fingerprint density at radius 2 is 2.38 bits per heavy atom. The molecule has 2 rings (SSSR count). The fraction of sp³-hybridized carbons (Fsp3) is 1.00. The number of aliphatic hydroxyl groups is 1. The van der Waals surface area contributed by atoms with E-state index in [4.69, 9.17) is 5.73 Å². The Hall–Kier alpha value is -0.120. The van der Waals surface area contributed by atoms with Crippen LogP contribution in [0.1, 0.15) is 19.3 Å². The molecule has 0 bridgehead atoms. The molecule has 0 radical (unpaired) electrons. The average Bonchev–Trinajstić information content (AvgIpc) is 2.61. The van der Waals surface area contributed by atoms with Crippen molar-refractivity contribution in [3.8, 4) is 0 Å². The van der Waals surface area contributed by atoms with E-state index < -0.39 is 0 Å². The van der Waals surface area contributed by atoms with E-state index in [-0.39, 0.29) is 5.41 Å². The molecule has 1 heterocycles. The van der Waals surface area contributed by atoms with Gasteiger partial charge in [0.2, 0.25) is 0 Å². The normalized spacial score (nSPS) is 39.7. The van der Waals surface area contributed by atoms with Crippen LogP contribution in [0.25, 0.3) is 0 Å². The number of rotatable bonds is 3. The van der Waals surface area contributed by atoms with Gasteiger partial charge in [-0.05, 0) is 18.8 Å². The molecule has 2 fully saturated rings. The topological polar surface area (TPSA) is 49.5 Å². The molecule has 1 saturated carbocycles. The Bertz CT molecular complexity index is 186. The number of nitrogens with zero attached hydrogens (tertiary/aromatic N) is 1. The smallest absolute Gasteiger partial charge is 0.0502 e. The van der Waals surface area contributed by atoms with Crippen molar-refractivity contribution in [1.29, 1.82) is 0 Å². The van der Waals surface area contributed by atoms with Crippen molar-refractivity contribution >= 4 is 0 Å². The highest BCUT2D eigenvalue weighted by molar-refractivity contribution is 5.00. The maximum Gasteiger partial charge on any atom is 0.0502 e. The minimum Gasteiger partial charge on any atom is -0.396 e. The number of likely N-dealkylation sites (tertiary alicyclic amines) is 1. The highest BCUT2D eigenvalue weighted by Gasteiger charge is 2.48. The average molecular weight is 184 g/mol. The van der Waals surface area contributed by atoms with Crippen LogP contribution in [0.4, 0.5) is 0 Å². The van der Waals surface area contributed by atoms with Crippen molar-refractivity contribution in [3.63, 3.8) is 0 Å². The lowest BCUT2D eigenvalue weighted by atomic mass is 9.82. The zero-order chi connectivity index (χ0) is 9.31. The van der Waals surface area contributed by atoms with Crippen LogP contribution >= 0.6 is 0 Å². The second kappa shape index (κ2) is 3.56. The van der Waals surface area contributed by atoms with Crippen molar-refractivity contribution in [2.24, 2.45) is 17.1 Å². The summed E-state index contributed by atoms with van der Waals surface area (Å²) in [6, 6.07) is 0. The molecule has 3 nitrogen and oxygen atoms in total. The van der Waals surface area contributed by atoms with E-state index in [0.29, 0.717) is 6.61 Å². The number of fused-ring (bicyclic) bond motifs is 1. The summed E-state index contributed by atoms with van der Waals surface area (Å²) in [6.45, 7) is 4.36. The first-order valence-electron chi connectivity index (χ1n) is 5.34. The zero-order valence-corrected chi connectivity index (χ0v) is 8.21. The summed E-state index contributed by atoms with van der Waals surface area (Å²) in [5.41, 5.74) is 5.78. The fourth-order valence-corrected chi connectivity index (χ4v) is 3.14. The Labute approximate surface area is 79.9 Å². The van der Waals surface area contributed by atoms with E-state index in [9.17, 15) is 5.11 Å². The first kappa shape index (κ1) is 9.44. The summed E-state index contributed by atoms with van der Waals surface area (Å²) in [4.78, 5) is 2.42. The molecule has 1 saturated heterocycles.